The zero-order valence-corrected chi connectivity index (χ0v) is 18.3. The van der Waals surface area contributed by atoms with Crippen molar-refractivity contribution in [1.82, 2.24) is 0 Å². The van der Waals surface area contributed by atoms with Crippen molar-refractivity contribution in [2.75, 3.05) is 0 Å². The lowest BCUT2D eigenvalue weighted by Crippen LogP contribution is -2.19. The Hall–Kier alpha value is -3.84. The predicted molar refractivity (Wildman–Crippen MR) is 123 cm³/mol. The predicted octanol–water partition coefficient (Wildman–Crippen LogP) is 4.69. The summed E-state index contributed by atoms with van der Waals surface area (Å²) in [7, 11) is -3.99. The molecule has 0 aromatic heterocycles. The number of Topliss-reactive ketones (excluding diaryl/α,β-unsaturated/α-hetero) is 1. The number of rotatable bonds is 5. The van der Waals surface area contributed by atoms with Crippen LogP contribution in [0.5, 0.6) is 0 Å². The van der Waals surface area contributed by atoms with Crippen molar-refractivity contribution in [3.8, 4) is 0 Å². The lowest BCUT2D eigenvalue weighted by Gasteiger charge is -2.16. The van der Waals surface area contributed by atoms with E-state index >= 15 is 0 Å². The van der Waals surface area contributed by atoms with Crippen molar-refractivity contribution in [1.29, 1.82) is 0 Å². The second kappa shape index (κ2) is 8.72. The first-order valence-electron chi connectivity index (χ1n) is 9.89. The summed E-state index contributed by atoms with van der Waals surface area (Å²) in [6, 6.07) is 22.5. The standard InChI is InChI=1S/C25H20N2O4S/c1-17-12-14-20(15-13-17)32(29,30)27-23-16-24(25(28)22-11-7-6-10-21(22)23)31-26-18(2)19-8-4-3-5-9-19/h3-16H,1-2H3/b26-18+,27-23+. The number of carbonyl (C=O) groups is 1. The highest BCUT2D eigenvalue weighted by Crippen LogP contribution is 2.25. The fourth-order valence-corrected chi connectivity index (χ4v) is 4.19. The minimum Gasteiger partial charge on any atom is -0.352 e. The maximum absolute atomic E-state index is 12.9. The maximum atomic E-state index is 12.9. The van der Waals surface area contributed by atoms with Gasteiger partial charge in [-0.25, -0.2) is 0 Å². The molecule has 0 atom stereocenters. The second-order valence-corrected chi connectivity index (χ2v) is 8.89. The number of fused-ring (bicyclic) bond motifs is 1. The third kappa shape index (κ3) is 4.43. The second-order valence-electron chi connectivity index (χ2n) is 7.28. The van der Waals surface area contributed by atoms with E-state index in [0.717, 1.165) is 11.1 Å². The van der Waals surface area contributed by atoms with Gasteiger partial charge in [0.1, 0.15) is 0 Å². The van der Waals surface area contributed by atoms with E-state index in [1.165, 1.54) is 18.2 Å². The van der Waals surface area contributed by atoms with E-state index in [0.29, 0.717) is 16.8 Å². The molecule has 160 valence electrons. The lowest BCUT2D eigenvalue weighted by molar-refractivity contribution is 0.0923. The highest BCUT2D eigenvalue weighted by molar-refractivity contribution is 7.90. The zero-order chi connectivity index (χ0) is 22.7. The first-order valence-corrected chi connectivity index (χ1v) is 11.3. The van der Waals surface area contributed by atoms with E-state index in [9.17, 15) is 13.2 Å². The number of aryl methyl sites for hydroxylation is 1. The van der Waals surface area contributed by atoms with E-state index in [1.54, 1.807) is 43.3 Å². The van der Waals surface area contributed by atoms with Gasteiger partial charge in [0.25, 0.3) is 10.0 Å². The van der Waals surface area contributed by atoms with Crippen molar-refractivity contribution in [3.05, 3.63) is 113 Å². The zero-order valence-electron chi connectivity index (χ0n) is 17.5. The van der Waals surface area contributed by atoms with Gasteiger partial charge in [0.2, 0.25) is 11.5 Å². The van der Waals surface area contributed by atoms with Gasteiger partial charge in [0.05, 0.1) is 16.3 Å². The summed E-state index contributed by atoms with van der Waals surface area (Å²) in [5, 5.41) is 4.06. The molecule has 0 unspecified atom stereocenters. The first-order chi connectivity index (χ1) is 15.3. The molecule has 0 radical (unpaired) electrons. The number of ketones is 1. The molecule has 0 saturated carbocycles. The van der Waals surface area contributed by atoms with Gasteiger partial charge in [0, 0.05) is 17.2 Å². The Balaban J connectivity index is 1.75. The average molecular weight is 445 g/mol. The molecule has 1 aliphatic rings. The smallest absolute Gasteiger partial charge is 0.282 e. The number of carbonyl (C=O) groups excluding carboxylic acids is 1. The number of nitrogens with zero attached hydrogens (tertiary/aromatic N) is 2. The Kier molecular flexibility index (Phi) is 5.83. The van der Waals surface area contributed by atoms with Crippen LogP contribution < -0.4 is 0 Å². The van der Waals surface area contributed by atoms with Crippen LogP contribution in [0.1, 0.15) is 34.0 Å². The van der Waals surface area contributed by atoms with Crippen LogP contribution in [0, 0.1) is 6.92 Å². The Labute approximate surface area is 186 Å². The van der Waals surface area contributed by atoms with E-state index in [2.05, 4.69) is 9.55 Å². The van der Waals surface area contributed by atoms with Crippen LogP contribution in [-0.2, 0) is 14.9 Å². The fraction of sp³-hybridized carbons (Fsp3) is 0.0800. The minimum absolute atomic E-state index is 0.0683. The Morgan fingerprint density at radius 2 is 1.47 bits per heavy atom. The molecule has 3 aromatic rings. The molecule has 0 bridgehead atoms. The number of allylic oxidation sites excluding steroid dienone is 2. The molecule has 3 aromatic carbocycles. The third-order valence-electron chi connectivity index (χ3n) is 4.95. The summed E-state index contributed by atoms with van der Waals surface area (Å²) in [5.41, 5.74) is 3.19. The van der Waals surface area contributed by atoms with Crippen LogP contribution in [0.2, 0.25) is 0 Å². The van der Waals surface area contributed by atoms with Crippen LogP contribution >= 0.6 is 0 Å². The molecular weight excluding hydrogens is 424 g/mol. The Morgan fingerprint density at radius 1 is 0.844 bits per heavy atom. The van der Waals surface area contributed by atoms with Crippen molar-refractivity contribution >= 4 is 27.2 Å². The minimum atomic E-state index is -3.99. The van der Waals surface area contributed by atoms with Crippen LogP contribution in [0.3, 0.4) is 0 Å². The number of sulfonamides is 1. The van der Waals surface area contributed by atoms with E-state index in [4.69, 9.17) is 4.84 Å². The van der Waals surface area contributed by atoms with Crippen molar-refractivity contribution in [2.45, 2.75) is 18.7 Å². The normalized spacial score (nSPS) is 15.3. The molecule has 0 heterocycles. The molecule has 32 heavy (non-hydrogen) atoms. The molecule has 0 N–H and O–H groups in total. The number of benzene rings is 3. The topological polar surface area (TPSA) is 85.2 Å². The van der Waals surface area contributed by atoms with Crippen molar-refractivity contribution in [2.24, 2.45) is 9.55 Å². The van der Waals surface area contributed by atoms with E-state index in [1.807, 2.05) is 37.3 Å². The molecule has 6 nitrogen and oxygen atoms in total. The van der Waals surface area contributed by atoms with Crippen molar-refractivity contribution in [3.63, 3.8) is 0 Å². The molecule has 0 spiro atoms. The Bertz CT molecular complexity index is 1370. The summed E-state index contributed by atoms with van der Waals surface area (Å²) in [6.45, 7) is 3.63. The van der Waals surface area contributed by atoms with E-state index < -0.39 is 15.8 Å². The highest BCUT2D eigenvalue weighted by atomic mass is 32.2. The van der Waals surface area contributed by atoms with Crippen molar-refractivity contribution < 1.29 is 18.0 Å². The molecule has 1 aliphatic carbocycles. The van der Waals surface area contributed by atoms with Gasteiger partial charge in [-0.15, -0.1) is 0 Å². The van der Waals surface area contributed by atoms with Gasteiger partial charge in [-0.05, 0) is 31.5 Å². The van der Waals surface area contributed by atoms with Gasteiger partial charge in [-0.1, -0.05) is 77.4 Å². The van der Waals surface area contributed by atoms with Gasteiger partial charge in [-0.3, -0.25) is 4.79 Å². The summed E-state index contributed by atoms with van der Waals surface area (Å²) < 4.78 is 29.8. The van der Waals surface area contributed by atoms with Crippen LogP contribution in [0.15, 0.2) is 105 Å². The summed E-state index contributed by atoms with van der Waals surface area (Å²) in [6.07, 6.45) is 1.32. The summed E-state index contributed by atoms with van der Waals surface area (Å²) in [5.74, 6) is -0.492. The average Bonchev–Trinajstić information content (AvgIpc) is 2.80. The SMILES string of the molecule is C/C(=N\OC1=C/C(=N\S(=O)(=O)c2ccc(C)cc2)c2ccccc2C1=O)c1ccccc1. The highest BCUT2D eigenvalue weighted by Gasteiger charge is 2.27. The van der Waals surface area contributed by atoms with Gasteiger partial charge in [0.15, 0.2) is 0 Å². The Morgan fingerprint density at radius 3 is 2.16 bits per heavy atom. The molecule has 7 heteroatoms. The summed E-state index contributed by atoms with van der Waals surface area (Å²) in [4.78, 5) is 18.4. The van der Waals surface area contributed by atoms with Gasteiger partial charge < -0.3 is 4.84 Å². The van der Waals surface area contributed by atoms with Crippen LogP contribution in [0.25, 0.3) is 0 Å². The maximum Gasteiger partial charge on any atom is 0.282 e. The van der Waals surface area contributed by atoms with Gasteiger partial charge in [-0.2, -0.15) is 12.8 Å². The number of hydrogen-bond donors (Lipinski definition) is 0. The van der Waals surface area contributed by atoms with E-state index in [-0.39, 0.29) is 16.4 Å². The first kappa shape index (κ1) is 21.4. The quantitative estimate of drug-likeness (QED) is 0.422. The van der Waals surface area contributed by atoms with Gasteiger partial charge >= 0.3 is 0 Å². The summed E-state index contributed by atoms with van der Waals surface area (Å²) >= 11 is 0. The molecule has 4 rings (SSSR count). The lowest BCUT2D eigenvalue weighted by atomic mass is 9.93. The molecule has 0 aliphatic heterocycles. The third-order valence-corrected chi connectivity index (χ3v) is 6.25. The van der Waals surface area contributed by atoms with Crippen LogP contribution in [-0.4, -0.2) is 25.6 Å². The number of hydrogen-bond acceptors (Lipinski definition) is 5. The molecule has 0 amide bonds. The number of oxime groups is 1. The fourth-order valence-electron chi connectivity index (χ4n) is 3.19. The largest absolute Gasteiger partial charge is 0.352 e. The van der Waals surface area contributed by atoms with Crippen LogP contribution in [0.4, 0.5) is 0 Å². The molecular formula is C25H20N2O4S. The molecule has 0 saturated heterocycles. The monoisotopic (exact) mass is 444 g/mol. The molecule has 0 fully saturated rings.